The van der Waals surface area contributed by atoms with E-state index >= 15 is 0 Å². The molecule has 90 valence electrons. The largest absolute Gasteiger partial charge is 0.457 e. The number of hydrogen-bond donors (Lipinski definition) is 1. The van der Waals surface area contributed by atoms with E-state index in [1.807, 2.05) is 12.1 Å². The maximum atomic E-state index is 9.26. The van der Waals surface area contributed by atoms with Crippen LogP contribution in [0.2, 0.25) is 0 Å². The third-order valence-electron chi connectivity index (χ3n) is 2.40. The van der Waals surface area contributed by atoms with Crippen molar-refractivity contribution < 1.29 is 9.84 Å². The van der Waals surface area contributed by atoms with Gasteiger partial charge in [0, 0.05) is 10.0 Å². The van der Waals surface area contributed by atoms with Crippen molar-refractivity contribution >= 4 is 15.9 Å². The molecule has 3 nitrogen and oxygen atoms in total. The topological polar surface area (TPSA) is 53.2 Å². The van der Waals surface area contributed by atoms with Crippen LogP contribution in [0.5, 0.6) is 11.5 Å². The Kier molecular flexibility index (Phi) is 3.98. The van der Waals surface area contributed by atoms with E-state index < -0.39 is 0 Å². The SMILES string of the molecule is N#Cc1ccc(Oc2ccc(Br)cc2CO)cc1. The highest BCUT2D eigenvalue weighted by Gasteiger charge is 2.05. The molecule has 0 saturated carbocycles. The molecule has 0 saturated heterocycles. The van der Waals surface area contributed by atoms with Crippen LogP contribution in [0.1, 0.15) is 11.1 Å². The third-order valence-corrected chi connectivity index (χ3v) is 2.90. The summed E-state index contributed by atoms with van der Waals surface area (Å²) in [6.45, 7) is -0.0922. The summed E-state index contributed by atoms with van der Waals surface area (Å²) in [5.74, 6) is 1.23. The van der Waals surface area contributed by atoms with Gasteiger partial charge in [-0.05, 0) is 42.5 Å². The molecule has 2 rings (SSSR count). The molecule has 0 atom stereocenters. The van der Waals surface area contributed by atoms with Crippen LogP contribution in [0.25, 0.3) is 0 Å². The van der Waals surface area contributed by atoms with E-state index in [9.17, 15) is 5.11 Å². The second-order valence-electron chi connectivity index (χ2n) is 3.65. The van der Waals surface area contributed by atoms with Gasteiger partial charge in [-0.1, -0.05) is 15.9 Å². The summed E-state index contributed by atoms with van der Waals surface area (Å²) in [7, 11) is 0. The molecule has 1 N–H and O–H groups in total. The van der Waals surface area contributed by atoms with E-state index in [0.717, 1.165) is 4.47 Å². The van der Waals surface area contributed by atoms with E-state index in [1.165, 1.54) is 0 Å². The van der Waals surface area contributed by atoms with Crippen LogP contribution in [0.15, 0.2) is 46.9 Å². The summed E-state index contributed by atoms with van der Waals surface area (Å²) >= 11 is 3.34. The van der Waals surface area contributed by atoms with Crippen molar-refractivity contribution in [2.24, 2.45) is 0 Å². The van der Waals surface area contributed by atoms with Gasteiger partial charge in [0.2, 0.25) is 0 Å². The molecule has 0 aromatic heterocycles. The molecular weight excluding hydrogens is 294 g/mol. The summed E-state index contributed by atoms with van der Waals surface area (Å²) in [6.07, 6.45) is 0. The van der Waals surface area contributed by atoms with E-state index in [1.54, 1.807) is 36.4 Å². The molecule has 0 amide bonds. The monoisotopic (exact) mass is 303 g/mol. The fourth-order valence-corrected chi connectivity index (χ4v) is 1.90. The van der Waals surface area contributed by atoms with Crippen molar-refractivity contribution in [2.75, 3.05) is 0 Å². The van der Waals surface area contributed by atoms with Gasteiger partial charge in [-0.2, -0.15) is 5.26 Å². The number of hydrogen-bond acceptors (Lipinski definition) is 3. The van der Waals surface area contributed by atoms with Gasteiger partial charge in [-0.3, -0.25) is 0 Å². The van der Waals surface area contributed by atoms with Crippen molar-refractivity contribution in [1.82, 2.24) is 0 Å². The van der Waals surface area contributed by atoms with Crippen LogP contribution in [0.4, 0.5) is 0 Å². The maximum absolute atomic E-state index is 9.26. The highest BCUT2D eigenvalue weighted by molar-refractivity contribution is 9.10. The Morgan fingerprint density at radius 3 is 2.50 bits per heavy atom. The minimum atomic E-state index is -0.0922. The smallest absolute Gasteiger partial charge is 0.133 e. The molecule has 18 heavy (non-hydrogen) atoms. The number of aliphatic hydroxyl groups is 1. The first-order valence-electron chi connectivity index (χ1n) is 5.30. The summed E-state index contributed by atoms with van der Waals surface area (Å²) in [6, 6.07) is 14.3. The van der Waals surface area contributed by atoms with Crippen LogP contribution in [0.3, 0.4) is 0 Å². The lowest BCUT2D eigenvalue weighted by Gasteiger charge is -2.10. The van der Waals surface area contributed by atoms with Crippen molar-refractivity contribution in [2.45, 2.75) is 6.61 Å². The number of aliphatic hydroxyl groups excluding tert-OH is 1. The first-order chi connectivity index (χ1) is 8.72. The van der Waals surface area contributed by atoms with Gasteiger partial charge < -0.3 is 9.84 Å². The molecule has 0 heterocycles. The van der Waals surface area contributed by atoms with E-state index in [0.29, 0.717) is 22.6 Å². The normalized spacial score (nSPS) is 9.83. The van der Waals surface area contributed by atoms with Crippen LogP contribution >= 0.6 is 15.9 Å². The summed E-state index contributed by atoms with van der Waals surface area (Å²) in [5.41, 5.74) is 1.29. The lowest BCUT2D eigenvalue weighted by Crippen LogP contribution is -1.91. The number of rotatable bonds is 3. The average Bonchev–Trinajstić information content (AvgIpc) is 2.41. The van der Waals surface area contributed by atoms with Gasteiger partial charge in [0.05, 0.1) is 18.2 Å². The number of halogens is 1. The lowest BCUT2D eigenvalue weighted by atomic mass is 10.2. The maximum Gasteiger partial charge on any atom is 0.133 e. The number of ether oxygens (including phenoxy) is 1. The lowest BCUT2D eigenvalue weighted by molar-refractivity contribution is 0.276. The summed E-state index contributed by atoms with van der Waals surface area (Å²) in [5, 5.41) is 18.0. The summed E-state index contributed by atoms with van der Waals surface area (Å²) in [4.78, 5) is 0. The van der Waals surface area contributed by atoms with E-state index in [-0.39, 0.29) is 6.61 Å². The average molecular weight is 304 g/mol. The van der Waals surface area contributed by atoms with Crippen molar-refractivity contribution in [3.8, 4) is 17.6 Å². The standard InChI is InChI=1S/C14H10BrNO2/c15-12-3-6-14(11(7-12)9-17)18-13-4-1-10(8-16)2-5-13/h1-7,17H,9H2. The minimum absolute atomic E-state index is 0.0922. The quantitative estimate of drug-likeness (QED) is 0.942. The molecule has 0 bridgehead atoms. The number of benzene rings is 2. The van der Waals surface area contributed by atoms with Crippen LogP contribution < -0.4 is 4.74 Å². The number of nitriles is 1. The van der Waals surface area contributed by atoms with E-state index in [4.69, 9.17) is 10.00 Å². The number of nitrogens with zero attached hydrogens (tertiary/aromatic N) is 1. The predicted octanol–water partition coefficient (Wildman–Crippen LogP) is 3.61. The molecule has 0 spiro atoms. The Labute approximate surface area is 113 Å². The molecular formula is C14H10BrNO2. The van der Waals surface area contributed by atoms with Crippen LogP contribution in [-0.2, 0) is 6.61 Å². The second-order valence-corrected chi connectivity index (χ2v) is 4.56. The van der Waals surface area contributed by atoms with Crippen molar-refractivity contribution in [3.63, 3.8) is 0 Å². The Hall–Kier alpha value is -1.83. The Bertz CT molecular complexity index is 588. The molecule has 0 fully saturated rings. The molecule has 0 aliphatic rings. The van der Waals surface area contributed by atoms with Gasteiger partial charge in [0.15, 0.2) is 0 Å². The second kappa shape index (κ2) is 5.67. The molecule has 4 heteroatoms. The van der Waals surface area contributed by atoms with Crippen molar-refractivity contribution in [3.05, 3.63) is 58.1 Å². The molecule has 2 aromatic carbocycles. The van der Waals surface area contributed by atoms with Gasteiger partial charge in [0.25, 0.3) is 0 Å². The molecule has 0 aliphatic carbocycles. The van der Waals surface area contributed by atoms with Crippen LogP contribution in [-0.4, -0.2) is 5.11 Å². The molecule has 0 unspecified atom stereocenters. The molecule has 0 radical (unpaired) electrons. The zero-order valence-electron chi connectivity index (χ0n) is 9.43. The summed E-state index contributed by atoms with van der Waals surface area (Å²) < 4.78 is 6.55. The first-order valence-corrected chi connectivity index (χ1v) is 6.09. The zero-order valence-corrected chi connectivity index (χ0v) is 11.0. The third kappa shape index (κ3) is 2.89. The van der Waals surface area contributed by atoms with Gasteiger partial charge >= 0.3 is 0 Å². The molecule has 0 aliphatic heterocycles. The van der Waals surface area contributed by atoms with Gasteiger partial charge in [-0.15, -0.1) is 0 Å². The first kappa shape index (κ1) is 12.6. The van der Waals surface area contributed by atoms with E-state index in [2.05, 4.69) is 15.9 Å². The Balaban J connectivity index is 2.25. The van der Waals surface area contributed by atoms with Crippen molar-refractivity contribution in [1.29, 1.82) is 5.26 Å². The Morgan fingerprint density at radius 2 is 1.89 bits per heavy atom. The fourth-order valence-electron chi connectivity index (χ4n) is 1.50. The van der Waals surface area contributed by atoms with Crippen LogP contribution in [0, 0.1) is 11.3 Å². The Morgan fingerprint density at radius 1 is 1.17 bits per heavy atom. The van der Waals surface area contributed by atoms with Gasteiger partial charge in [0.1, 0.15) is 11.5 Å². The minimum Gasteiger partial charge on any atom is -0.457 e. The van der Waals surface area contributed by atoms with Gasteiger partial charge in [-0.25, -0.2) is 0 Å². The predicted molar refractivity (Wildman–Crippen MR) is 71.3 cm³/mol. The zero-order chi connectivity index (χ0) is 13.0. The fraction of sp³-hybridized carbons (Fsp3) is 0.0714. The highest BCUT2D eigenvalue weighted by atomic mass is 79.9. The highest BCUT2D eigenvalue weighted by Crippen LogP contribution is 2.28. The molecule has 2 aromatic rings.